The average molecular weight is 561 g/mol. The minimum Gasteiger partial charge on any atom is -0.300 e. The molecule has 1 fully saturated rings. The predicted octanol–water partition coefficient (Wildman–Crippen LogP) is 4.83. The van der Waals surface area contributed by atoms with Crippen molar-refractivity contribution >= 4 is 57.7 Å². The Kier molecular flexibility index (Phi) is 7.16. The number of para-hydroxylation sites is 1. The van der Waals surface area contributed by atoms with Crippen LogP contribution in [0.2, 0.25) is 0 Å². The van der Waals surface area contributed by atoms with E-state index in [2.05, 4.69) is 25.8 Å². The molecule has 1 aromatic heterocycles. The highest BCUT2D eigenvalue weighted by Gasteiger charge is 2.25. The molecule has 0 aliphatic carbocycles. The van der Waals surface area contributed by atoms with Crippen molar-refractivity contribution in [1.29, 1.82) is 0 Å². The van der Waals surface area contributed by atoms with Crippen molar-refractivity contribution in [1.82, 2.24) is 25.5 Å². The Hall–Kier alpha value is -4.89. The van der Waals surface area contributed by atoms with E-state index in [1.54, 1.807) is 31.2 Å². The van der Waals surface area contributed by atoms with Gasteiger partial charge in [0.15, 0.2) is 5.17 Å². The minimum atomic E-state index is -0.514. The average Bonchev–Trinajstić information content (AvgIpc) is 3.52. The summed E-state index contributed by atoms with van der Waals surface area (Å²) in [5, 5.41) is 37.9. The molecule has 0 bridgehead atoms. The number of amides is 1. The summed E-state index contributed by atoms with van der Waals surface area (Å²) in [5.74, 6) is -0.441. The van der Waals surface area contributed by atoms with Gasteiger partial charge in [-0.3, -0.25) is 25.0 Å². The first-order valence-corrected chi connectivity index (χ1v) is 12.8. The number of carbonyl (C=O) groups is 1. The SMILES string of the molecule is Cc1ccc(N=C2NC(=O)/C(=C/c3ccc(Sc4nnnn4-c4ccccc4)c([N+](=O)[O-])c3)S2)cc1[N+](=O)[O-]. The number of hydrogen-bond donors (Lipinski definition) is 1. The van der Waals surface area contributed by atoms with Crippen LogP contribution in [0.15, 0.2) is 86.7 Å². The molecule has 1 aliphatic heterocycles. The Morgan fingerprint density at radius 2 is 1.79 bits per heavy atom. The van der Waals surface area contributed by atoms with Crippen LogP contribution in [0.1, 0.15) is 11.1 Å². The number of carbonyl (C=O) groups excluding carboxylic acids is 1. The highest BCUT2D eigenvalue weighted by atomic mass is 32.2. The molecular weight excluding hydrogens is 544 g/mol. The van der Waals surface area contributed by atoms with Crippen LogP contribution in [0.3, 0.4) is 0 Å². The third-order valence-corrected chi connectivity index (χ3v) is 7.30. The summed E-state index contributed by atoms with van der Waals surface area (Å²) in [6.07, 6.45) is 1.51. The van der Waals surface area contributed by atoms with Crippen LogP contribution in [0.5, 0.6) is 0 Å². The van der Waals surface area contributed by atoms with Gasteiger partial charge in [0, 0.05) is 17.7 Å². The van der Waals surface area contributed by atoms with Crippen LogP contribution in [-0.2, 0) is 4.79 Å². The fourth-order valence-electron chi connectivity index (χ4n) is 3.54. The summed E-state index contributed by atoms with van der Waals surface area (Å²) in [6.45, 7) is 1.62. The normalized spacial score (nSPS) is 15.1. The van der Waals surface area contributed by atoms with Gasteiger partial charge < -0.3 is 5.32 Å². The van der Waals surface area contributed by atoms with E-state index in [0.29, 0.717) is 32.6 Å². The lowest BCUT2D eigenvalue weighted by Gasteiger charge is -2.05. The van der Waals surface area contributed by atoms with E-state index in [1.807, 2.05) is 30.3 Å². The van der Waals surface area contributed by atoms with Crippen LogP contribution >= 0.6 is 23.5 Å². The monoisotopic (exact) mass is 560 g/mol. The van der Waals surface area contributed by atoms with Crippen LogP contribution in [0.4, 0.5) is 17.1 Å². The molecule has 0 unspecified atom stereocenters. The molecular formula is C24H16N8O5S2. The van der Waals surface area contributed by atoms with Gasteiger partial charge >= 0.3 is 0 Å². The van der Waals surface area contributed by atoms with E-state index in [-0.39, 0.29) is 21.4 Å². The molecule has 4 aromatic rings. The van der Waals surface area contributed by atoms with Crippen molar-refractivity contribution in [3.8, 4) is 5.69 Å². The smallest absolute Gasteiger partial charge is 0.283 e. The Labute approximate surface area is 228 Å². The molecule has 1 saturated heterocycles. The van der Waals surface area contributed by atoms with Crippen LogP contribution in [0.25, 0.3) is 11.8 Å². The number of rotatable bonds is 7. The van der Waals surface area contributed by atoms with Crippen LogP contribution in [-0.4, -0.2) is 41.1 Å². The predicted molar refractivity (Wildman–Crippen MR) is 145 cm³/mol. The molecule has 0 saturated carbocycles. The number of nitrogens with one attached hydrogen (secondary N) is 1. The minimum absolute atomic E-state index is 0.0787. The molecule has 13 nitrogen and oxygen atoms in total. The standard InChI is InChI=1S/C24H16N8O5S2/c1-14-7-9-16(13-18(14)31(34)35)25-23-26-22(33)21(38-23)12-15-8-10-20(19(11-15)32(36)37)39-24-27-28-29-30(24)17-5-3-2-4-6-17/h2-13H,1H3,(H,25,26,33)/b21-12-. The number of hydrogen-bond acceptors (Lipinski definition) is 11. The molecule has 1 aliphatic rings. The van der Waals surface area contributed by atoms with E-state index in [9.17, 15) is 25.0 Å². The van der Waals surface area contributed by atoms with Gasteiger partial charge in [-0.05, 0) is 76.8 Å². The second-order valence-electron chi connectivity index (χ2n) is 8.00. The molecule has 1 amide bonds. The summed E-state index contributed by atoms with van der Waals surface area (Å²) in [7, 11) is 0. The molecule has 15 heteroatoms. The zero-order valence-corrected chi connectivity index (χ0v) is 21.5. The van der Waals surface area contributed by atoms with E-state index in [0.717, 1.165) is 23.5 Å². The van der Waals surface area contributed by atoms with E-state index in [4.69, 9.17) is 0 Å². The summed E-state index contributed by atoms with van der Waals surface area (Å²) < 4.78 is 1.48. The van der Waals surface area contributed by atoms with Crippen molar-refractivity contribution in [2.45, 2.75) is 17.0 Å². The number of aryl methyl sites for hydroxylation is 1. The highest BCUT2D eigenvalue weighted by molar-refractivity contribution is 8.18. The number of nitrogens with zero attached hydrogens (tertiary/aromatic N) is 7. The summed E-state index contributed by atoms with van der Waals surface area (Å²) in [4.78, 5) is 39.5. The number of thioether (sulfide) groups is 1. The number of aromatic nitrogens is 4. The Morgan fingerprint density at radius 3 is 2.54 bits per heavy atom. The van der Waals surface area contributed by atoms with Gasteiger partial charge in [-0.25, -0.2) is 4.99 Å². The molecule has 194 valence electrons. The lowest BCUT2D eigenvalue weighted by molar-refractivity contribution is -0.387. The number of benzene rings is 3. The fraction of sp³-hybridized carbons (Fsp3) is 0.0417. The lowest BCUT2D eigenvalue weighted by Crippen LogP contribution is -2.19. The Balaban J connectivity index is 1.39. The Morgan fingerprint density at radius 1 is 1.03 bits per heavy atom. The maximum Gasteiger partial charge on any atom is 0.283 e. The second kappa shape index (κ2) is 10.8. The van der Waals surface area contributed by atoms with E-state index < -0.39 is 15.8 Å². The number of aliphatic imine (C=N–C) groups is 1. The van der Waals surface area contributed by atoms with Gasteiger partial charge in [-0.2, -0.15) is 4.68 Å². The van der Waals surface area contributed by atoms with Crippen LogP contribution < -0.4 is 5.32 Å². The largest absolute Gasteiger partial charge is 0.300 e. The highest BCUT2D eigenvalue weighted by Crippen LogP contribution is 2.36. The van der Waals surface area contributed by atoms with Gasteiger partial charge in [0.05, 0.1) is 31.0 Å². The second-order valence-corrected chi connectivity index (χ2v) is 10.0. The van der Waals surface area contributed by atoms with Crippen molar-refractivity contribution in [3.05, 3.63) is 103 Å². The molecule has 0 radical (unpaired) electrons. The molecule has 2 heterocycles. The first-order valence-electron chi connectivity index (χ1n) is 11.1. The van der Waals surface area contributed by atoms with E-state index >= 15 is 0 Å². The van der Waals surface area contributed by atoms with Gasteiger partial charge in [0.1, 0.15) is 0 Å². The Bertz CT molecular complexity index is 1690. The summed E-state index contributed by atoms with van der Waals surface area (Å²) in [6, 6.07) is 18.2. The number of tetrazole rings is 1. The summed E-state index contributed by atoms with van der Waals surface area (Å²) in [5.41, 5.74) is 1.68. The maximum absolute atomic E-state index is 12.5. The van der Waals surface area contributed by atoms with Gasteiger partial charge in [0.25, 0.3) is 17.3 Å². The third-order valence-electron chi connectivity index (χ3n) is 5.39. The zero-order valence-electron chi connectivity index (χ0n) is 19.9. The number of nitro groups is 2. The first-order chi connectivity index (χ1) is 18.8. The van der Waals surface area contributed by atoms with Crippen molar-refractivity contribution in [2.24, 2.45) is 4.99 Å². The number of amidine groups is 1. The molecule has 1 N–H and O–H groups in total. The molecule has 0 spiro atoms. The van der Waals surface area contributed by atoms with E-state index in [1.165, 1.54) is 22.9 Å². The van der Waals surface area contributed by atoms with Gasteiger partial charge in [-0.1, -0.05) is 30.3 Å². The summed E-state index contributed by atoms with van der Waals surface area (Å²) >= 11 is 2.07. The molecule has 0 atom stereocenters. The third kappa shape index (κ3) is 5.68. The van der Waals surface area contributed by atoms with Gasteiger partial charge in [-0.15, -0.1) is 5.10 Å². The zero-order chi connectivity index (χ0) is 27.5. The van der Waals surface area contributed by atoms with Crippen molar-refractivity contribution in [2.75, 3.05) is 0 Å². The number of nitro benzene ring substituents is 2. The molecule has 5 rings (SSSR count). The quantitative estimate of drug-likeness (QED) is 0.187. The van der Waals surface area contributed by atoms with Crippen LogP contribution in [0, 0.1) is 27.2 Å². The molecule has 39 heavy (non-hydrogen) atoms. The first kappa shape index (κ1) is 25.7. The van der Waals surface area contributed by atoms with Gasteiger partial charge in [0.2, 0.25) is 5.16 Å². The van der Waals surface area contributed by atoms with Crippen molar-refractivity contribution in [3.63, 3.8) is 0 Å². The van der Waals surface area contributed by atoms with Crippen molar-refractivity contribution < 1.29 is 14.6 Å². The maximum atomic E-state index is 12.5. The molecule has 3 aromatic carbocycles. The lowest BCUT2D eigenvalue weighted by atomic mass is 10.2. The fourth-order valence-corrected chi connectivity index (χ4v) is 5.26. The topological polar surface area (TPSA) is 171 Å².